The Bertz CT molecular complexity index is 1660. The summed E-state index contributed by atoms with van der Waals surface area (Å²) in [6.07, 6.45) is 1.79. The number of carbonyl (C=O) groups excluding carboxylic acids is 1. The third-order valence-corrected chi connectivity index (χ3v) is 9.39. The molecule has 1 heterocycles. The fourth-order valence-electron chi connectivity index (χ4n) is 6.35. The van der Waals surface area contributed by atoms with Gasteiger partial charge >= 0.3 is 0 Å². The van der Waals surface area contributed by atoms with Crippen molar-refractivity contribution in [2.24, 2.45) is 5.41 Å². The van der Waals surface area contributed by atoms with Crippen LogP contribution >= 0.6 is 0 Å². The highest BCUT2D eigenvalue weighted by atomic mass is 32.2. The van der Waals surface area contributed by atoms with Crippen LogP contribution in [0.15, 0.2) is 108 Å². The summed E-state index contributed by atoms with van der Waals surface area (Å²) in [5.74, 6) is -0.00331. The molecule has 1 saturated carbocycles. The monoisotopic (exact) mass is 554 g/mol. The van der Waals surface area contributed by atoms with Gasteiger partial charge in [-0.2, -0.15) is 0 Å². The molecule has 40 heavy (non-hydrogen) atoms. The van der Waals surface area contributed by atoms with Crippen molar-refractivity contribution < 1.29 is 28.0 Å². The molecule has 204 valence electrons. The van der Waals surface area contributed by atoms with Crippen molar-refractivity contribution in [3.63, 3.8) is 0 Å². The van der Waals surface area contributed by atoms with E-state index < -0.39 is 27.2 Å². The van der Waals surface area contributed by atoms with Crippen molar-refractivity contribution in [3.8, 4) is 16.9 Å². The largest absolute Gasteiger partial charge is 0.744 e. The maximum absolute atomic E-state index is 13.9. The number of phenolic OH excluding ortho intramolecular Hbond substituents is 1. The van der Waals surface area contributed by atoms with Gasteiger partial charge in [-0.15, -0.1) is 0 Å². The number of nitrogens with zero attached hydrogens (tertiary/aromatic N) is 1. The van der Waals surface area contributed by atoms with E-state index in [1.807, 2.05) is 66.7 Å². The maximum atomic E-state index is 13.9. The third kappa shape index (κ3) is 4.29. The summed E-state index contributed by atoms with van der Waals surface area (Å²) in [6, 6.07) is 29.2. The normalized spacial score (nSPS) is 24.6. The van der Waals surface area contributed by atoms with Crippen LogP contribution in [0.3, 0.4) is 0 Å². The third-order valence-electron chi connectivity index (χ3n) is 8.54. The lowest BCUT2D eigenvalue weighted by Gasteiger charge is -2.59. The Morgan fingerprint density at radius 2 is 1.35 bits per heavy atom. The summed E-state index contributed by atoms with van der Waals surface area (Å²) in [5.41, 5.74) is 1.69. The molecule has 1 amide bonds. The minimum Gasteiger partial charge on any atom is -0.744 e. The quantitative estimate of drug-likeness (QED) is 0.249. The first-order chi connectivity index (χ1) is 19.1. The minimum atomic E-state index is -4.56. The molecule has 1 aliphatic carbocycles. The number of aliphatic hydroxyl groups is 1. The zero-order valence-corrected chi connectivity index (χ0v) is 22.4. The second-order valence-electron chi connectivity index (χ2n) is 10.7. The van der Waals surface area contributed by atoms with E-state index in [-0.39, 0.29) is 16.6 Å². The second-order valence-corrected chi connectivity index (χ2v) is 12.1. The molecule has 0 aromatic heterocycles. The summed E-state index contributed by atoms with van der Waals surface area (Å²) in [5, 5.41) is 22.8. The highest BCUT2D eigenvalue weighted by Gasteiger charge is 2.64. The lowest BCUT2D eigenvalue weighted by atomic mass is 9.56. The van der Waals surface area contributed by atoms with Gasteiger partial charge in [-0.3, -0.25) is 4.79 Å². The van der Waals surface area contributed by atoms with E-state index in [0.717, 1.165) is 11.3 Å². The van der Waals surface area contributed by atoms with Crippen LogP contribution in [0.4, 0.5) is 5.69 Å². The molecule has 1 saturated heterocycles. The molecule has 4 aromatic carbocycles. The number of para-hydroxylation sites is 1. The molecule has 1 spiro atoms. The van der Waals surface area contributed by atoms with Gasteiger partial charge in [0.25, 0.3) is 0 Å². The lowest BCUT2D eigenvalue weighted by molar-refractivity contribution is -0.149. The summed E-state index contributed by atoms with van der Waals surface area (Å²) < 4.78 is 33.9. The molecule has 6 rings (SSSR count). The number of carbonyl (C=O) groups is 1. The van der Waals surface area contributed by atoms with Crippen molar-refractivity contribution in [3.05, 3.63) is 114 Å². The Balaban J connectivity index is 1.36. The molecule has 8 heteroatoms. The summed E-state index contributed by atoms with van der Waals surface area (Å²) in [4.78, 5) is 15.3. The topological polar surface area (TPSA) is 118 Å². The fourth-order valence-corrected chi connectivity index (χ4v) is 6.82. The van der Waals surface area contributed by atoms with Crippen molar-refractivity contribution in [2.45, 2.75) is 42.2 Å². The van der Waals surface area contributed by atoms with Crippen LogP contribution in [-0.2, 0) is 20.5 Å². The van der Waals surface area contributed by atoms with Gasteiger partial charge < -0.3 is 19.7 Å². The molecule has 0 bridgehead atoms. The van der Waals surface area contributed by atoms with Gasteiger partial charge in [-0.25, -0.2) is 8.42 Å². The van der Waals surface area contributed by atoms with Gasteiger partial charge in [-0.05, 0) is 72.7 Å². The zero-order chi connectivity index (χ0) is 28.1. The average molecular weight is 555 g/mol. The van der Waals surface area contributed by atoms with Crippen LogP contribution in [0.2, 0.25) is 0 Å². The van der Waals surface area contributed by atoms with E-state index in [2.05, 4.69) is 0 Å². The smallest absolute Gasteiger partial charge is 0.236 e. The van der Waals surface area contributed by atoms with Crippen molar-refractivity contribution in [2.75, 3.05) is 4.90 Å². The van der Waals surface area contributed by atoms with E-state index in [4.69, 9.17) is 0 Å². The zero-order valence-electron chi connectivity index (χ0n) is 21.6. The van der Waals surface area contributed by atoms with E-state index in [9.17, 15) is 28.0 Å². The first kappa shape index (κ1) is 26.3. The number of β-lactam (4-membered cyclic amide) rings is 1. The summed E-state index contributed by atoms with van der Waals surface area (Å²) >= 11 is 0. The van der Waals surface area contributed by atoms with Crippen LogP contribution in [0.25, 0.3) is 11.1 Å². The Morgan fingerprint density at radius 1 is 0.775 bits per heavy atom. The van der Waals surface area contributed by atoms with Crippen LogP contribution in [0.1, 0.15) is 42.9 Å². The lowest BCUT2D eigenvalue weighted by Crippen LogP contribution is -2.65. The van der Waals surface area contributed by atoms with Crippen molar-refractivity contribution in [1.29, 1.82) is 0 Å². The van der Waals surface area contributed by atoms with E-state index in [1.54, 1.807) is 17.0 Å². The van der Waals surface area contributed by atoms with Gasteiger partial charge in [0.15, 0.2) is 0 Å². The molecule has 0 unspecified atom stereocenters. The van der Waals surface area contributed by atoms with Crippen molar-refractivity contribution >= 4 is 21.7 Å². The van der Waals surface area contributed by atoms with Crippen LogP contribution in [-0.4, -0.2) is 29.1 Å². The Morgan fingerprint density at radius 3 is 1.93 bits per heavy atom. The number of benzene rings is 4. The standard InChI is InChI=1S/C32H29NO6S/c34-28-21-23(22-11-14-26(15-12-22)40(37,38)39)13-16-27(28)29-31(30(35)33(29)25-9-5-2-6-10-25)17-19-32(36,20-18-31)24-7-3-1-4-8-24/h1-16,21,29,34,36H,17-20H2,(H,37,38,39)/p-1/t29-,31?,32?/m1/s1. The Hall–Kier alpha value is -3.98. The highest BCUT2D eigenvalue weighted by molar-refractivity contribution is 7.85. The Labute approximate surface area is 233 Å². The maximum Gasteiger partial charge on any atom is 0.236 e. The van der Waals surface area contributed by atoms with Crippen LogP contribution in [0.5, 0.6) is 5.75 Å². The average Bonchev–Trinajstić information content (AvgIpc) is 2.97. The number of anilines is 1. The second kappa shape index (κ2) is 9.59. The molecule has 1 atom stereocenters. The molecular weight excluding hydrogens is 526 g/mol. The molecule has 2 N–H and O–H groups in total. The number of amides is 1. The van der Waals surface area contributed by atoms with Gasteiger partial charge in [0.05, 0.1) is 22.0 Å². The molecular formula is C32H28NO6S-. The van der Waals surface area contributed by atoms with Gasteiger partial charge in [0.1, 0.15) is 15.9 Å². The predicted molar refractivity (Wildman–Crippen MR) is 149 cm³/mol. The van der Waals surface area contributed by atoms with Crippen LogP contribution < -0.4 is 4.90 Å². The van der Waals surface area contributed by atoms with Gasteiger partial charge in [0.2, 0.25) is 5.91 Å². The SMILES string of the molecule is O=C1N(c2ccccc2)[C@H](c2ccc(-c3ccc(S(=O)(=O)[O-])cc3)cc2O)C12CCC(O)(c1ccccc1)CC2. The van der Waals surface area contributed by atoms with Crippen molar-refractivity contribution in [1.82, 2.24) is 0 Å². The highest BCUT2D eigenvalue weighted by Crippen LogP contribution is 2.62. The summed E-state index contributed by atoms with van der Waals surface area (Å²) in [6.45, 7) is 0. The molecule has 4 aromatic rings. The van der Waals surface area contributed by atoms with Crippen LogP contribution in [0, 0.1) is 5.41 Å². The first-order valence-corrected chi connectivity index (χ1v) is 14.6. The number of hydrogen-bond acceptors (Lipinski definition) is 6. The fraction of sp³-hybridized carbons (Fsp3) is 0.219. The molecule has 0 radical (unpaired) electrons. The Kier molecular flexibility index (Phi) is 6.29. The molecule has 2 aliphatic rings. The molecule has 1 aliphatic heterocycles. The van der Waals surface area contributed by atoms with E-state index in [1.165, 1.54) is 24.3 Å². The summed E-state index contributed by atoms with van der Waals surface area (Å²) in [7, 11) is -4.56. The number of hydrogen-bond donors (Lipinski definition) is 2. The van der Waals surface area contributed by atoms with Gasteiger partial charge in [0, 0.05) is 11.3 Å². The molecule has 7 nitrogen and oxygen atoms in total. The van der Waals surface area contributed by atoms with Gasteiger partial charge in [-0.1, -0.05) is 72.8 Å². The van der Waals surface area contributed by atoms with E-state index in [0.29, 0.717) is 42.4 Å². The van der Waals surface area contributed by atoms with E-state index >= 15 is 0 Å². The minimum absolute atomic E-state index is 0.0136. The molecule has 2 fully saturated rings. The number of rotatable bonds is 5. The predicted octanol–water partition coefficient (Wildman–Crippen LogP) is 5.50. The first-order valence-electron chi connectivity index (χ1n) is 13.2. The number of aromatic hydroxyl groups is 1. The number of phenols is 1.